The predicted octanol–water partition coefficient (Wildman–Crippen LogP) is 2.13. The molecule has 0 bridgehead atoms. The van der Waals surface area contributed by atoms with E-state index in [0.29, 0.717) is 5.02 Å². The summed E-state index contributed by atoms with van der Waals surface area (Å²) in [5.74, 6) is 0. The van der Waals surface area contributed by atoms with Crippen molar-refractivity contribution in [1.82, 2.24) is 9.62 Å². The zero-order valence-corrected chi connectivity index (χ0v) is 13.1. The van der Waals surface area contributed by atoms with E-state index in [-0.39, 0.29) is 23.3 Å². The molecule has 7 heteroatoms. The first-order chi connectivity index (χ1) is 8.51. The smallest absolute Gasteiger partial charge is 0.243 e. The lowest BCUT2D eigenvalue weighted by Crippen LogP contribution is -2.43. The van der Waals surface area contributed by atoms with E-state index in [1.807, 2.05) is 0 Å². The van der Waals surface area contributed by atoms with Crippen LogP contribution in [0.1, 0.15) is 12.8 Å². The molecule has 0 atom stereocenters. The Morgan fingerprint density at radius 1 is 1.32 bits per heavy atom. The predicted molar refractivity (Wildman–Crippen MR) is 79.5 cm³/mol. The SMILES string of the molecule is CN(C1CCNCC1)S(=O)(=O)c1cccc(Cl)c1.Cl. The highest BCUT2D eigenvalue weighted by Gasteiger charge is 2.28. The van der Waals surface area contributed by atoms with Gasteiger partial charge >= 0.3 is 0 Å². The molecule has 1 aromatic carbocycles. The van der Waals surface area contributed by atoms with Crippen LogP contribution < -0.4 is 5.32 Å². The number of sulfonamides is 1. The molecular weight excluding hydrogens is 307 g/mol. The van der Waals surface area contributed by atoms with E-state index in [0.717, 1.165) is 25.9 Å². The van der Waals surface area contributed by atoms with Gasteiger partial charge in [-0.25, -0.2) is 8.42 Å². The average Bonchev–Trinajstić information content (AvgIpc) is 2.39. The number of halogens is 2. The fourth-order valence-corrected chi connectivity index (χ4v) is 3.88. The maximum atomic E-state index is 12.4. The fraction of sp³-hybridized carbons (Fsp3) is 0.500. The second-order valence-electron chi connectivity index (χ2n) is 4.46. The molecule has 0 unspecified atom stereocenters. The van der Waals surface area contributed by atoms with Gasteiger partial charge in [0, 0.05) is 18.1 Å². The van der Waals surface area contributed by atoms with Crippen LogP contribution in [0.2, 0.25) is 5.02 Å². The van der Waals surface area contributed by atoms with Gasteiger partial charge in [-0.05, 0) is 44.1 Å². The van der Waals surface area contributed by atoms with E-state index in [4.69, 9.17) is 11.6 Å². The molecule has 4 nitrogen and oxygen atoms in total. The van der Waals surface area contributed by atoms with E-state index < -0.39 is 10.0 Å². The number of nitrogens with one attached hydrogen (secondary N) is 1. The highest BCUT2D eigenvalue weighted by molar-refractivity contribution is 7.89. The van der Waals surface area contributed by atoms with Gasteiger partial charge in [0.25, 0.3) is 0 Å². The molecule has 2 rings (SSSR count). The van der Waals surface area contributed by atoms with Gasteiger partial charge in [0.2, 0.25) is 10.0 Å². The summed E-state index contributed by atoms with van der Waals surface area (Å²) in [5.41, 5.74) is 0. The van der Waals surface area contributed by atoms with Crippen molar-refractivity contribution in [2.45, 2.75) is 23.8 Å². The third-order valence-electron chi connectivity index (χ3n) is 3.30. The lowest BCUT2D eigenvalue weighted by Gasteiger charge is -2.30. The lowest BCUT2D eigenvalue weighted by atomic mass is 10.1. The van der Waals surface area contributed by atoms with Gasteiger partial charge in [0.05, 0.1) is 4.90 Å². The van der Waals surface area contributed by atoms with Crippen molar-refractivity contribution in [2.24, 2.45) is 0 Å². The number of piperidine rings is 1. The second kappa shape index (κ2) is 6.90. The molecule has 1 aliphatic rings. The molecule has 0 radical (unpaired) electrons. The van der Waals surface area contributed by atoms with Crippen LogP contribution in [-0.4, -0.2) is 38.9 Å². The average molecular weight is 325 g/mol. The molecule has 0 amide bonds. The van der Waals surface area contributed by atoms with E-state index in [1.54, 1.807) is 25.2 Å². The van der Waals surface area contributed by atoms with E-state index >= 15 is 0 Å². The Labute approximate surface area is 125 Å². The van der Waals surface area contributed by atoms with E-state index in [2.05, 4.69) is 5.32 Å². The third-order valence-corrected chi connectivity index (χ3v) is 5.44. The third kappa shape index (κ3) is 3.83. The Morgan fingerprint density at radius 2 is 1.95 bits per heavy atom. The molecule has 1 aliphatic heterocycles. The van der Waals surface area contributed by atoms with Gasteiger partial charge in [-0.15, -0.1) is 12.4 Å². The molecule has 1 N–H and O–H groups in total. The van der Waals surface area contributed by atoms with Crippen LogP contribution >= 0.6 is 24.0 Å². The first-order valence-electron chi connectivity index (χ1n) is 5.96. The maximum Gasteiger partial charge on any atom is 0.243 e. The Morgan fingerprint density at radius 3 is 2.53 bits per heavy atom. The molecule has 108 valence electrons. The van der Waals surface area contributed by atoms with Crippen molar-refractivity contribution in [3.63, 3.8) is 0 Å². The molecule has 0 saturated carbocycles. The van der Waals surface area contributed by atoms with Gasteiger partial charge in [0.15, 0.2) is 0 Å². The summed E-state index contributed by atoms with van der Waals surface area (Å²) >= 11 is 5.85. The van der Waals surface area contributed by atoms with Gasteiger partial charge in [-0.3, -0.25) is 0 Å². The molecule has 1 fully saturated rings. The van der Waals surface area contributed by atoms with E-state index in [1.165, 1.54) is 10.4 Å². The summed E-state index contributed by atoms with van der Waals surface area (Å²) in [6.45, 7) is 1.72. The summed E-state index contributed by atoms with van der Waals surface area (Å²) in [6.07, 6.45) is 1.69. The minimum atomic E-state index is -3.44. The lowest BCUT2D eigenvalue weighted by molar-refractivity contribution is 0.296. The summed E-state index contributed by atoms with van der Waals surface area (Å²) in [5, 5.41) is 3.67. The number of benzene rings is 1. The van der Waals surface area contributed by atoms with Crippen molar-refractivity contribution >= 4 is 34.0 Å². The highest BCUT2D eigenvalue weighted by atomic mass is 35.5. The molecule has 19 heavy (non-hydrogen) atoms. The Kier molecular flexibility index (Phi) is 6.08. The van der Waals surface area contributed by atoms with E-state index in [9.17, 15) is 8.42 Å². The zero-order chi connectivity index (χ0) is 13.2. The Bertz CT molecular complexity index is 516. The first kappa shape index (κ1) is 16.7. The number of nitrogens with zero attached hydrogens (tertiary/aromatic N) is 1. The molecule has 0 aromatic heterocycles. The maximum absolute atomic E-state index is 12.4. The fourth-order valence-electron chi connectivity index (χ4n) is 2.16. The summed E-state index contributed by atoms with van der Waals surface area (Å²) in [4.78, 5) is 0.260. The Balaban J connectivity index is 0.00000180. The second-order valence-corrected chi connectivity index (χ2v) is 6.89. The summed E-state index contributed by atoms with van der Waals surface area (Å²) in [7, 11) is -1.79. The quantitative estimate of drug-likeness (QED) is 0.926. The van der Waals surface area contributed by atoms with Crippen LogP contribution in [-0.2, 0) is 10.0 Å². The monoisotopic (exact) mass is 324 g/mol. The van der Waals surface area contributed by atoms with Crippen LogP contribution in [0.15, 0.2) is 29.2 Å². The molecule has 1 saturated heterocycles. The Hall–Kier alpha value is -0.330. The number of hydrogen-bond acceptors (Lipinski definition) is 3. The number of rotatable bonds is 3. The van der Waals surface area contributed by atoms with Crippen LogP contribution in [0.25, 0.3) is 0 Å². The first-order valence-corrected chi connectivity index (χ1v) is 7.78. The minimum Gasteiger partial charge on any atom is -0.317 e. The van der Waals surface area contributed by atoms with Crippen molar-refractivity contribution in [1.29, 1.82) is 0 Å². The molecule has 1 aromatic rings. The number of hydrogen-bond donors (Lipinski definition) is 1. The van der Waals surface area contributed by atoms with Crippen molar-refractivity contribution in [3.05, 3.63) is 29.3 Å². The minimum absolute atomic E-state index is 0. The molecule has 0 aliphatic carbocycles. The van der Waals surface area contributed by atoms with Crippen LogP contribution in [0, 0.1) is 0 Å². The van der Waals surface area contributed by atoms with Crippen LogP contribution in [0.3, 0.4) is 0 Å². The largest absolute Gasteiger partial charge is 0.317 e. The van der Waals surface area contributed by atoms with Gasteiger partial charge in [0.1, 0.15) is 0 Å². The van der Waals surface area contributed by atoms with Crippen molar-refractivity contribution < 1.29 is 8.42 Å². The summed E-state index contributed by atoms with van der Waals surface area (Å²) in [6, 6.07) is 6.47. The van der Waals surface area contributed by atoms with Gasteiger partial charge in [-0.1, -0.05) is 17.7 Å². The molecule has 0 spiro atoms. The molecular formula is C12H18Cl2N2O2S. The van der Waals surface area contributed by atoms with Crippen LogP contribution in [0.4, 0.5) is 0 Å². The normalized spacial score (nSPS) is 17.2. The van der Waals surface area contributed by atoms with Gasteiger partial charge in [-0.2, -0.15) is 4.31 Å². The van der Waals surface area contributed by atoms with Gasteiger partial charge < -0.3 is 5.32 Å². The zero-order valence-electron chi connectivity index (χ0n) is 10.7. The summed E-state index contributed by atoms with van der Waals surface area (Å²) < 4.78 is 26.3. The highest BCUT2D eigenvalue weighted by Crippen LogP contribution is 2.22. The van der Waals surface area contributed by atoms with Crippen molar-refractivity contribution in [3.8, 4) is 0 Å². The topological polar surface area (TPSA) is 49.4 Å². The molecule has 1 heterocycles. The van der Waals surface area contributed by atoms with Crippen LogP contribution in [0.5, 0.6) is 0 Å². The van der Waals surface area contributed by atoms with Crippen molar-refractivity contribution in [2.75, 3.05) is 20.1 Å². The standard InChI is InChI=1S/C12H17ClN2O2S.ClH/c1-15(11-5-7-14-8-6-11)18(16,17)12-4-2-3-10(13)9-12;/h2-4,9,11,14H,5-8H2,1H3;1H.